The lowest BCUT2D eigenvalue weighted by molar-refractivity contribution is 0.0697. The maximum Gasteiger partial charge on any atom is 0.336 e. The molecule has 0 aliphatic heterocycles. The third-order valence-corrected chi connectivity index (χ3v) is 5.54. The van der Waals surface area contributed by atoms with E-state index in [0.717, 1.165) is 41.2 Å². The number of halogens is 1. The fourth-order valence-electron chi connectivity index (χ4n) is 3.22. The smallest absolute Gasteiger partial charge is 0.336 e. The molecule has 0 amide bonds. The summed E-state index contributed by atoms with van der Waals surface area (Å²) in [5.74, 6) is 0.512. The lowest BCUT2D eigenvalue weighted by Crippen LogP contribution is -2.04. The Kier molecular flexibility index (Phi) is 7.47. The van der Waals surface area contributed by atoms with E-state index in [9.17, 15) is 14.3 Å². The molecule has 3 rings (SSSR count). The fourth-order valence-corrected chi connectivity index (χ4v) is 3.88. The summed E-state index contributed by atoms with van der Waals surface area (Å²) >= 11 is 1.44. The van der Waals surface area contributed by atoms with Gasteiger partial charge in [-0.2, -0.15) is 0 Å². The lowest BCUT2D eigenvalue weighted by atomic mass is 9.99. The normalized spacial score (nSPS) is 11.0. The topological polar surface area (TPSA) is 55.1 Å². The Balaban J connectivity index is 1.81. The first kappa shape index (κ1) is 21.1. The van der Waals surface area contributed by atoms with Crippen LogP contribution in [0.1, 0.15) is 41.5 Å². The van der Waals surface area contributed by atoms with E-state index >= 15 is 0 Å². The van der Waals surface area contributed by atoms with Gasteiger partial charge in [-0.3, -0.25) is 4.39 Å². The number of benzene rings is 2. The van der Waals surface area contributed by atoms with Crippen LogP contribution < -0.4 is 0 Å². The highest BCUT2D eigenvalue weighted by atomic mass is 32.2. The molecule has 0 aliphatic carbocycles. The number of hydrogen-bond donors (Lipinski definition) is 1. The van der Waals surface area contributed by atoms with Gasteiger partial charge >= 0.3 is 5.97 Å². The summed E-state index contributed by atoms with van der Waals surface area (Å²) in [6, 6.07) is 15.0. The number of carbonyl (C=O) groups is 1. The molecule has 0 saturated carbocycles. The summed E-state index contributed by atoms with van der Waals surface area (Å²) in [5, 5.41) is 10.3. The van der Waals surface area contributed by atoms with Crippen LogP contribution >= 0.6 is 11.8 Å². The van der Waals surface area contributed by atoms with Gasteiger partial charge in [0.1, 0.15) is 10.9 Å². The van der Waals surface area contributed by atoms with E-state index in [2.05, 4.69) is 16.5 Å². The SMILES string of the molecule is CCCCc1nc(SCCF)cn1Cc1ccc(-c2ccccc2C(=O)O)cc1. The van der Waals surface area contributed by atoms with E-state index in [4.69, 9.17) is 0 Å². The number of aromatic nitrogens is 2. The van der Waals surface area contributed by atoms with Crippen molar-refractivity contribution in [2.45, 2.75) is 37.8 Å². The van der Waals surface area contributed by atoms with Crippen LogP contribution in [0.15, 0.2) is 59.8 Å². The van der Waals surface area contributed by atoms with Gasteiger partial charge in [-0.15, -0.1) is 11.8 Å². The molecule has 6 heteroatoms. The van der Waals surface area contributed by atoms with Crippen molar-refractivity contribution < 1.29 is 14.3 Å². The summed E-state index contributed by atoms with van der Waals surface area (Å²) in [6.45, 7) is 2.48. The predicted molar refractivity (Wildman–Crippen MR) is 115 cm³/mol. The molecule has 0 fully saturated rings. The zero-order chi connectivity index (χ0) is 20.6. The summed E-state index contributed by atoms with van der Waals surface area (Å²) in [5.41, 5.74) is 3.00. The average Bonchev–Trinajstić information content (AvgIpc) is 3.12. The van der Waals surface area contributed by atoms with Crippen LogP contribution in [0.25, 0.3) is 11.1 Å². The second-order valence-corrected chi connectivity index (χ2v) is 7.93. The monoisotopic (exact) mass is 412 g/mol. The van der Waals surface area contributed by atoms with Gasteiger partial charge in [0, 0.05) is 24.9 Å². The molecule has 0 radical (unpaired) electrons. The van der Waals surface area contributed by atoms with Gasteiger partial charge in [0.15, 0.2) is 0 Å². The van der Waals surface area contributed by atoms with E-state index in [0.29, 0.717) is 23.4 Å². The largest absolute Gasteiger partial charge is 0.478 e. The number of rotatable bonds is 10. The molecule has 0 unspecified atom stereocenters. The van der Waals surface area contributed by atoms with E-state index in [1.54, 1.807) is 12.1 Å². The fraction of sp³-hybridized carbons (Fsp3) is 0.304. The van der Waals surface area contributed by atoms with Crippen molar-refractivity contribution in [3.63, 3.8) is 0 Å². The van der Waals surface area contributed by atoms with Gasteiger partial charge in [0.05, 0.1) is 12.2 Å². The van der Waals surface area contributed by atoms with Crippen LogP contribution in [0.4, 0.5) is 4.39 Å². The molecule has 0 bridgehead atoms. The van der Waals surface area contributed by atoms with Crippen LogP contribution in [0.3, 0.4) is 0 Å². The molecule has 0 spiro atoms. The molecule has 0 atom stereocenters. The second kappa shape index (κ2) is 10.3. The maximum atomic E-state index is 12.5. The van der Waals surface area contributed by atoms with Gasteiger partial charge in [0.25, 0.3) is 0 Å². The quantitative estimate of drug-likeness (QED) is 0.434. The van der Waals surface area contributed by atoms with Crippen LogP contribution in [-0.2, 0) is 13.0 Å². The van der Waals surface area contributed by atoms with Gasteiger partial charge < -0.3 is 9.67 Å². The lowest BCUT2D eigenvalue weighted by Gasteiger charge is -2.10. The average molecular weight is 413 g/mol. The molecular formula is C23H25FN2O2S. The van der Waals surface area contributed by atoms with Crippen molar-refractivity contribution in [3.05, 3.63) is 71.7 Å². The summed E-state index contributed by atoms with van der Waals surface area (Å²) in [4.78, 5) is 16.1. The van der Waals surface area contributed by atoms with Crippen LogP contribution in [0, 0.1) is 0 Å². The summed E-state index contributed by atoms with van der Waals surface area (Å²) in [6.07, 6.45) is 5.06. The zero-order valence-electron chi connectivity index (χ0n) is 16.5. The Morgan fingerprint density at radius 2 is 1.93 bits per heavy atom. The molecule has 4 nitrogen and oxygen atoms in total. The molecule has 0 aliphatic rings. The van der Waals surface area contributed by atoms with E-state index in [-0.39, 0.29) is 6.67 Å². The zero-order valence-corrected chi connectivity index (χ0v) is 17.3. The van der Waals surface area contributed by atoms with Crippen LogP contribution in [-0.4, -0.2) is 33.1 Å². The Labute approximate surface area is 174 Å². The van der Waals surface area contributed by atoms with Gasteiger partial charge in [-0.25, -0.2) is 9.78 Å². The van der Waals surface area contributed by atoms with E-state index in [1.807, 2.05) is 42.6 Å². The molecule has 152 valence electrons. The number of aromatic carboxylic acids is 1. The molecule has 0 saturated heterocycles. The van der Waals surface area contributed by atoms with Crippen molar-refractivity contribution in [1.29, 1.82) is 0 Å². The van der Waals surface area contributed by atoms with Crippen molar-refractivity contribution in [2.75, 3.05) is 12.4 Å². The summed E-state index contributed by atoms with van der Waals surface area (Å²) in [7, 11) is 0. The highest BCUT2D eigenvalue weighted by Crippen LogP contribution is 2.25. The molecule has 2 aromatic carbocycles. The Morgan fingerprint density at radius 1 is 1.17 bits per heavy atom. The van der Waals surface area contributed by atoms with Crippen LogP contribution in [0.5, 0.6) is 0 Å². The minimum Gasteiger partial charge on any atom is -0.478 e. The second-order valence-electron chi connectivity index (χ2n) is 6.81. The molecule has 3 aromatic rings. The van der Waals surface area contributed by atoms with Gasteiger partial charge in [0.2, 0.25) is 0 Å². The number of hydrogen-bond acceptors (Lipinski definition) is 3. The van der Waals surface area contributed by atoms with Crippen molar-refractivity contribution in [2.24, 2.45) is 0 Å². The minimum atomic E-state index is -0.929. The third-order valence-electron chi connectivity index (χ3n) is 4.69. The number of carboxylic acid groups (broad SMARTS) is 1. The third kappa shape index (κ3) is 5.48. The Morgan fingerprint density at radius 3 is 2.62 bits per heavy atom. The van der Waals surface area contributed by atoms with Crippen molar-refractivity contribution in [1.82, 2.24) is 9.55 Å². The van der Waals surface area contributed by atoms with Gasteiger partial charge in [-0.05, 0) is 29.2 Å². The Hall–Kier alpha value is -2.60. The molecular weight excluding hydrogens is 387 g/mol. The highest BCUT2D eigenvalue weighted by molar-refractivity contribution is 7.99. The number of alkyl halides is 1. The highest BCUT2D eigenvalue weighted by Gasteiger charge is 2.12. The number of carboxylic acids is 1. The molecule has 1 N–H and O–H groups in total. The van der Waals surface area contributed by atoms with E-state index < -0.39 is 5.97 Å². The molecule has 1 aromatic heterocycles. The van der Waals surface area contributed by atoms with Gasteiger partial charge in [-0.1, -0.05) is 55.8 Å². The first-order valence-electron chi connectivity index (χ1n) is 9.78. The number of aryl methyl sites for hydroxylation is 1. The summed E-state index contributed by atoms with van der Waals surface area (Å²) < 4.78 is 14.6. The number of unbranched alkanes of at least 4 members (excludes halogenated alkanes) is 1. The van der Waals surface area contributed by atoms with E-state index in [1.165, 1.54) is 11.8 Å². The first-order chi connectivity index (χ1) is 14.1. The number of imidazole rings is 1. The first-order valence-corrected chi connectivity index (χ1v) is 10.8. The maximum absolute atomic E-state index is 12.5. The van der Waals surface area contributed by atoms with Crippen molar-refractivity contribution in [3.8, 4) is 11.1 Å². The number of nitrogens with zero attached hydrogens (tertiary/aromatic N) is 2. The Bertz CT molecular complexity index is 954. The minimum absolute atomic E-state index is 0.297. The molecule has 1 heterocycles. The van der Waals surface area contributed by atoms with Crippen LogP contribution in [0.2, 0.25) is 0 Å². The number of thioether (sulfide) groups is 1. The predicted octanol–water partition coefficient (Wildman–Crippen LogP) is 5.70. The molecule has 29 heavy (non-hydrogen) atoms. The van der Waals surface area contributed by atoms with Crippen molar-refractivity contribution >= 4 is 17.7 Å². The standard InChI is InChI=1S/C23H25FN2O2S/c1-2-3-8-21-25-22(29-14-13-24)16-26(21)15-17-9-11-18(12-10-17)19-6-4-5-7-20(19)23(27)28/h4-7,9-12,16H,2-3,8,13-15H2,1H3,(H,27,28).